The van der Waals surface area contributed by atoms with Gasteiger partial charge in [0.05, 0.1) is 18.7 Å². The number of hydrogen-bond acceptors (Lipinski definition) is 8. The van der Waals surface area contributed by atoms with Gasteiger partial charge >= 0.3 is 29.6 Å². The van der Waals surface area contributed by atoms with E-state index >= 15 is 0 Å². The van der Waals surface area contributed by atoms with Gasteiger partial charge in [-0.15, -0.1) is 0 Å². The second kappa shape index (κ2) is 9.39. The maximum Gasteiger partial charge on any atom is 1.00 e. The summed E-state index contributed by atoms with van der Waals surface area (Å²) in [5.41, 5.74) is 8.66. The molecule has 11 nitrogen and oxygen atoms in total. The van der Waals surface area contributed by atoms with Crippen molar-refractivity contribution in [3.8, 4) is 0 Å². The summed E-state index contributed by atoms with van der Waals surface area (Å²) in [6.45, 7) is -0.819. The molecule has 0 spiro atoms. The molecule has 0 aromatic heterocycles. The Balaban J connectivity index is 0.00000312. The van der Waals surface area contributed by atoms with Gasteiger partial charge in [0, 0.05) is 10.8 Å². The molecule has 1 heterocycles. The van der Waals surface area contributed by atoms with Gasteiger partial charge < -0.3 is 35.3 Å². The van der Waals surface area contributed by atoms with Crippen molar-refractivity contribution in [2.75, 3.05) is 6.61 Å². The zero-order valence-corrected chi connectivity index (χ0v) is 15.5. The summed E-state index contributed by atoms with van der Waals surface area (Å²) in [6, 6.07) is -2.29. The number of aliphatic carboxylic acids is 1. The number of carbonyl (C=O) groups is 2. The van der Waals surface area contributed by atoms with Gasteiger partial charge in [-0.1, -0.05) is 5.11 Å². The Kier molecular flexibility index (Phi) is 8.16. The van der Waals surface area contributed by atoms with E-state index in [4.69, 9.17) is 15.4 Å². The van der Waals surface area contributed by atoms with E-state index in [-0.39, 0.29) is 41.4 Å². The third kappa shape index (κ3) is 5.32. The molecule has 2 aliphatic rings. The van der Waals surface area contributed by atoms with Crippen LogP contribution in [0.3, 0.4) is 0 Å². The summed E-state index contributed by atoms with van der Waals surface area (Å²) in [6.07, 6.45) is -2.50. The summed E-state index contributed by atoms with van der Waals surface area (Å²) in [4.78, 5) is 25.6. The fourth-order valence-corrected chi connectivity index (χ4v) is 2.40. The first kappa shape index (κ1) is 21.7. The van der Waals surface area contributed by atoms with Gasteiger partial charge in [-0.05, 0) is 24.4 Å². The smallest absolute Gasteiger partial charge is 0.542 e. The van der Waals surface area contributed by atoms with E-state index in [1.807, 2.05) is 0 Å². The van der Waals surface area contributed by atoms with Crippen molar-refractivity contribution >= 4 is 11.9 Å². The van der Waals surface area contributed by atoms with Crippen LogP contribution in [0.2, 0.25) is 0 Å². The molecule has 4 N–H and O–H groups in total. The number of azide groups is 1. The van der Waals surface area contributed by atoms with Crippen molar-refractivity contribution < 1.29 is 64.3 Å². The summed E-state index contributed by atoms with van der Waals surface area (Å²) < 4.78 is 5.10. The Morgan fingerprint density at radius 1 is 1.48 bits per heavy atom. The fourth-order valence-electron chi connectivity index (χ4n) is 2.40. The van der Waals surface area contributed by atoms with Crippen LogP contribution in [-0.4, -0.2) is 64.2 Å². The number of carboxylic acid groups (broad SMARTS) is 1. The summed E-state index contributed by atoms with van der Waals surface area (Å²) >= 11 is 0. The molecule has 0 aromatic rings. The van der Waals surface area contributed by atoms with E-state index in [0.717, 1.165) is 6.08 Å². The van der Waals surface area contributed by atoms with Crippen LogP contribution in [0.15, 0.2) is 16.9 Å². The van der Waals surface area contributed by atoms with Gasteiger partial charge in [-0.25, -0.2) is 0 Å². The number of nitrogens with one attached hydrogen (secondary N) is 1. The van der Waals surface area contributed by atoms with E-state index < -0.39 is 48.7 Å². The Morgan fingerprint density at radius 2 is 2.12 bits per heavy atom. The molecule has 0 radical (unpaired) electrons. The van der Waals surface area contributed by atoms with Crippen molar-refractivity contribution in [1.82, 2.24) is 5.32 Å². The molecule has 1 fully saturated rings. The summed E-state index contributed by atoms with van der Waals surface area (Å²) in [5.74, 6) is -2.97. The zero-order valence-electron chi connectivity index (χ0n) is 13.5. The molecular formula is C13H17N4NaO7. The molecule has 25 heavy (non-hydrogen) atoms. The summed E-state index contributed by atoms with van der Waals surface area (Å²) in [7, 11) is 0. The van der Waals surface area contributed by atoms with Gasteiger partial charge in [0.25, 0.3) is 0 Å². The molecule has 1 aliphatic carbocycles. The minimum atomic E-state index is -1.74. The predicted molar refractivity (Wildman–Crippen MR) is 74.7 cm³/mol. The molecular weight excluding hydrogens is 347 g/mol. The SMILES string of the molecule is [N-]=[N+]=NC1C=C(C(=O)[O-])O[C@@H]([C@H](O)[C@H](O)CO)[C@@H]1NC(=O)C1CC1.[Na+]. The molecule has 2 rings (SSSR count). The van der Waals surface area contributed by atoms with Gasteiger partial charge in [0.15, 0.2) is 0 Å². The zero-order chi connectivity index (χ0) is 17.9. The van der Waals surface area contributed by atoms with Crippen LogP contribution >= 0.6 is 0 Å². The Morgan fingerprint density at radius 3 is 2.60 bits per heavy atom. The standard InChI is InChI=1S/C13H18N4O7.Na/c14-17-16-6-3-8(13(22)23)24-11(10(20)7(19)4-18)9(6)15-12(21)5-1-2-5;/h3,5-7,9-11,18-20H,1-2,4H2,(H,15,21)(H,22,23);/q;+1/p-1/t6?,7-,9-,10-,11-;/m1./s1. The normalized spacial score (nSPS) is 27.5. The molecule has 1 unspecified atom stereocenters. The first-order chi connectivity index (χ1) is 11.4. The van der Waals surface area contributed by atoms with Gasteiger partial charge in [0.1, 0.15) is 30.0 Å². The third-order valence-corrected chi connectivity index (χ3v) is 3.87. The maximum absolute atomic E-state index is 12.0. The number of amides is 1. The molecule has 1 saturated carbocycles. The number of rotatable bonds is 7. The van der Waals surface area contributed by atoms with Gasteiger partial charge in [0.2, 0.25) is 5.91 Å². The number of aliphatic hydroxyl groups is 3. The number of nitrogens with zero attached hydrogens (tertiary/aromatic N) is 3. The second-order valence-corrected chi connectivity index (χ2v) is 5.65. The third-order valence-electron chi connectivity index (χ3n) is 3.87. The quantitative estimate of drug-likeness (QED) is 0.150. The number of hydrogen-bond donors (Lipinski definition) is 4. The van der Waals surface area contributed by atoms with Crippen LogP contribution in [0, 0.1) is 5.92 Å². The van der Waals surface area contributed by atoms with E-state index in [9.17, 15) is 24.9 Å². The predicted octanol–water partition coefficient (Wildman–Crippen LogP) is -5.69. The Labute approximate surface area is 164 Å². The Bertz CT molecular complexity index is 591. The van der Waals surface area contributed by atoms with Crippen molar-refractivity contribution in [3.05, 3.63) is 22.3 Å². The van der Waals surface area contributed by atoms with E-state index in [0.29, 0.717) is 12.8 Å². The number of ether oxygens (including phenoxy) is 1. The molecule has 12 heteroatoms. The van der Waals surface area contributed by atoms with Crippen molar-refractivity contribution in [1.29, 1.82) is 0 Å². The van der Waals surface area contributed by atoms with Gasteiger partial charge in [-0.2, -0.15) is 0 Å². The van der Waals surface area contributed by atoms with E-state index in [2.05, 4.69) is 15.3 Å². The number of carbonyl (C=O) groups excluding carboxylic acids is 2. The average Bonchev–Trinajstić information content (AvgIpc) is 3.39. The molecule has 0 aromatic carbocycles. The minimum Gasteiger partial charge on any atom is -0.542 e. The monoisotopic (exact) mass is 364 g/mol. The van der Waals surface area contributed by atoms with Crippen LogP contribution in [0.4, 0.5) is 0 Å². The number of carboxylic acids is 1. The molecule has 1 amide bonds. The molecule has 1 aliphatic heterocycles. The van der Waals surface area contributed by atoms with Gasteiger partial charge in [-0.3, -0.25) is 4.79 Å². The number of aliphatic hydroxyl groups excluding tert-OH is 3. The van der Waals surface area contributed by atoms with Crippen molar-refractivity contribution in [2.45, 2.75) is 43.2 Å². The second-order valence-electron chi connectivity index (χ2n) is 5.65. The first-order valence-corrected chi connectivity index (χ1v) is 7.30. The van der Waals surface area contributed by atoms with E-state index in [1.165, 1.54) is 0 Å². The molecule has 5 atom stereocenters. The van der Waals surface area contributed by atoms with Crippen LogP contribution in [0.5, 0.6) is 0 Å². The summed E-state index contributed by atoms with van der Waals surface area (Å²) in [5, 5.41) is 45.7. The molecule has 0 saturated heterocycles. The van der Waals surface area contributed by atoms with Crippen LogP contribution in [-0.2, 0) is 14.3 Å². The van der Waals surface area contributed by atoms with Crippen LogP contribution < -0.4 is 40.0 Å². The van der Waals surface area contributed by atoms with Crippen LogP contribution in [0.25, 0.3) is 10.4 Å². The van der Waals surface area contributed by atoms with Crippen molar-refractivity contribution in [3.63, 3.8) is 0 Å². The largest absolute Gasteiger partial charge is 1.00 e. The topological polar surface area (TPSA) is 188 Å². The average molecular weight is 364 g/mol. The van der Waals surface area contributed by atoms with E-state index in [1.54, 1.807) is 0 Å². The minimum absolute atomic E-state index is 0. The molecule has 132 valence electrons. The van der Waals surface area contributed by atoms with Crippen molar-refractivity contribution in [2.24, 2.45) is 11.0 Å². The Hall–Kier alpha value is -1.33. The maximum atomic E-state index is 12.0. The first-order valence-electron chi connectivity index (χ1n) is 7.30. The molecule has 0 bridgehead atoms. The fraction of sp³-hybridized carbons (Fsp3) is 0.692. The van der Waals surface area contributed by atoms with Crippen LogP contribution in [0.1, 0.15) is 12.8 Å².